The quantitative estimate of drug-likeness (QED) is 0.534. The summed E-state index contributed by atoms with van der Waals surface area (Å²) in [6, 6.07) is 2.03. The van der Waals surface area contributed by atoms with Crippen molar-refractivity contribution in [1.82, 2.24) is 4.90 Å². The highest BCUT2D eigenvalue weighted by molar-refractivity contribution is 5.09. The van der Waals surface area contributed by atoms with E-state index in [2.05, 4.69) is 4.90 Å². The zero-order valence-corrected chi connectivity index (χ0v) is 7.91. The third-order valence-electron chi connectivity index (χ3n) is 2.85. The predicted molar refractivity (Wildman–Crippen MR) is 46.4 cm³/mol. The normalized spacial score (nSPS) is 35.9. The Morgan fingerprint density at radius 3 is 2.17 bits per heavy atom. The predicted octanol–water partition coefficient (Wildman–Crippen LogP) is 0.459. The van der Waals surface area contributed by atoms with Crippen LogP contribution in [-0.4, -0.2) is 35.7 Å². The lowest BCUT2D eigenvalue weighted by atomic mass is 9.76. The maximum absolute atomic E-state index is 9.95. The Labute approximate surface area is 73.6 Å². The number of piperidine rings is 1. The van der Waals surface area contributed by atoms with Crippen LogP contribution in [0.1, 0.15) is 13.8 Å². The zero-order valence-electron chi connectivity index (χ0n) is 7.91. The minimum atomic E-state index is -1.12. The van der Waals surface area contributed by atoms with E-state index in [9.17, 15) is 5.11 Å². The minimum absolute atomic E-state index is 0.0382. The Hall–Kier alpha value is -0.590. The molecule has 0 bridgehead atoms. The fourth-order valence-corrected chi connectivity index (χ4v) is 1.99. The number of likely N-dealkylation sites (tertiary alicyclic amines) is 1. The average molecular weight is 168 g/mol. The van der Waals surface area contributed by atoms with E-state index in [1.54, 1.807) is 0 Å². The number of hydrogen-bond acceptors (Lipinski definition) is 3. The van der Waals surface area contributed by atoms with E-state index in [0.29, 0.717) is 0 Å². The zero-order chi connectivity index (χ0) is 9.35. The van der Waals surface area contributed by atoms with Gasteiger partial charge in [-0.15, -0.1) is 0 Å². The molecule has 0 unspecified atom stereocenters. The van der Waals surface area contributed by atoms with Crippen molar-refractivity contribution in [3.05, 3.63) is 0 Å². The lowest BCUT2D eigenvalue weighted by Gasteiger charge is -2.42. The Morgan fingerprint density at radius 2 is 1.83 bits per heavy atom. The maximum Gasteiger partial charge on any atom is 0.158 e. The van der Waals surface area contributed by atoms with E-state index < -0.39 is 5.60 Å². The number of aliphatic hydroxyl groups is 1. The lowest BCUT2D eigenvalue weighted by molar-refractivity contribution is -0.0569. The van der Waals surface area contributed by atoms with Gasteiger partial charge in [0.15, 0.2) is 5.60 Å². The standard InChI is InChI=1S/C9H16N2O/c1-7-4-11(3)5-8(2)9(7,12)6-10/h7-8,12H,4-5H2,1-3H3/t7-,8-/m1/s1. The molecule has 1 saturated heterocycles. The Bertz CT molecular complexity index is 197. The van der Waals surface area contributed by atoms with Gasteiger partial charge in [-0.05, 0) is 7.05 Å². The molecule has 68 valence electrons. The van der Waals surface area contributed by atoms with Crippen LogP contribution in [0.25, 0.3) is 0 Å². The molecule has 2 atom stereocenters. The molecule has 0 amide bonds. The van der Waals surface area contributed by atoms with E-state index in [1.165, 1.54) is 0 Å². The van der Waals surface area contributed by atoms with Crippen molar-refractivity contribution in [1.29, 1.82) is 5.26 Å². The van der Waals surface area contributed by atoms with Crippen molar-refractivity contribution in [2.45, 2.75) is 19.4 Å². The topological polar surface area (TPSA) is 47.3 Å². The summed E-state index contributed by atoms with van der Waals surface area (Å²) in [5.74, 6) is 0.0764. The number of nitrogens with zero attached hydrogens (tertiary/aromatic N) is 2. The summed E-state index contributed by atoms with van der Waals surface area (Å²) in [6.07, 6.45) is 0. The summed E-state index contributed by atoms with van der Waals surface area (Å²) in [6.45, 7) is 5.45. The second kappa shape index (κ2) is 3.04. The molecule has 1 aliphatic heterocycles. The average Bonchev–Trinajstić information content (AvgIpc) is 2.00. The van der Waals surface area contributed by atoms with Crippen LogP contribution in [-0.2, 0) is 0 Å². The largest absolute Gasteiger partial charge is 0.375 e. The molecule has 0 aliphatic carbocycles. The van der Waals surface area contributed by atoms with E-state index in [4.69, 9.17) is 5.26 Å². The van der Waals surface area contributed by atoms with Gasteiger partial charge in [-0.1, -0.05) is 13.8 Å². The van der Waals surface area contributed by atoms with Gasteiger partial charge in [-0.25, -0.2) is 0 Å². The van der Waals surface area contributed by atoms with Gasteiger partial charge in [0.25, 0.3) is 0 Å². The van der Waals surface area contributed by atoms with Gasteiger partial charge in [0.05, 0.1) is 6.07 Å². The molecule has 0 aromatic rings. The summed E-state index contributed by atoms with van der Waals surface area (Å²) in [5.41, 5.74) is -1.12. The molecular weight excluding hydrogens is 152 g/mol. The Balaban J connectivity index is 2.82. The monoisotopic (exact) mass is 168 g/mol. The molecule has 0 radical (unpaired) electrons. The summed E-state index contributed by atoms with van der Waals surface area (Å²) < 4.78 is 0. The molecule has 1 N–H and O–H groups in total. The highest BCUT2D eigenvalue weighted by Gasteiger charge is 2.43. The number of nitriles is 1. The fraction of sp³-hybridized carbons (Fsp3) is 0.889. The fourth-order valence-electron chi connectivity index (χ4n) is 1.99. The van der Waals surface area contributed by atoms with Gasteiger partial charge < -0.3 is 10.0 Å². The van der Waals surface area contributed by atoms with Crippen LogP contribution in [0.15, 0.2) is 0 Å². The summed E-state index contributed by atoms with van der Waals surface area (Å²) in [4.78, 5) is 2.15. The molecule has 1 rings (SSSR count). The summed E-state index contributed by atoms with van der Waals surface area (Å²) in [5, 5.41) is 18.8. The van der Waals surface area contributed by atoms with Crippen LogP contribution in [0.4, 0.5) is 0 Å². The molecule has 0 spiro atoms. The maximum atomic E-state index is 9.95. The molecule has 3 nitrogen and oxygen atoms in total. The smallest absolute Gasteiger partial charge is 0.158 e. The first-order chi connectivity index (χ1) is 5.50. The van der Waals surface area contributed by atoms with Crippen molar-refractivity contribution < 1.29 is 5.11 Å². The Kier molecular flexibility index (Phi) is 2.41. The molecule has 1 aliphatic rings. The molecule has 3 heteroatoms. The number of rotatable bonds is 0. The summed E-state index contributed by atoms with van der Waals surface area (Å²) >= 11 is 0. The van der Waals surface area contributed by atoms with Gasteiger partial charge >= 0.3 is 0 Å². The third kappa shape index (κ3) is 1.33. The SMILES string of the molecule is C[C@@H]1CN(C)C[C@@H](C)C1(O)C#N. The van der Waals surface area contributed by atoms with Crippen LogP contribution < -0.4 is 0 Å². The molecule has 0 saturated carbocycles. The first kappa shape index (κ1) is 9.50. The van der Waals surface area contributed by atoms with Crippen LogP contribution in [0.3, 0.4) is 0 Å². The van der Waals surface area contributed by atoms with E-state index in [0.717, 1.165) is 13.1 Å². The first-order valence-electron chi connectivity index (χ1n) is 4.33. The second-order valence-electron chi connectivity index (χ2n) is 3.96. The highest BCUT2D eigenvalue weighted by Crippen LogP contribution is 2.31. The first-order valence-corrected chi connectivity index (χ1v) is 4.33. The van der Waals surface area contributed by atoms with Gasteiger partial charge in [-0.3, -0.25) is 0 Å². The summed E-state index contributed by atoms with van der Waals surface area (Å²) in [7, 11) is 2.02. The van der Waals surface area contributed by atoms with E-state index in [1.807, 2.05) is 27.0 Å². The van der Waals surface area contributed by atoms with Crippen LogP contribution in [0, 0.1) is 23.2 Å². The van der Waals surface area contributed by atoms with E-state index in [-0.39, 0.29) is 11.8 Å². The molecule has 1 heterocycles. The molecule has 0 aromatic carbocycles. The van der Waals surface area contributed by atoms with Gasteiger partial charge in [-0.2, -0.15) is 5.26 Å². The molecule has 0 aromatic heterocycles. The van der Waals surface area contributed by atoms with Crippen molar-refractivity contribution in [2.75, 3.05) is 20.1 Å². The molecular formula is C9H16N2O. The third-order valence-corrected chi connectivity index (χ3v) is 2.85. The molecule has 12 heavy (non-hydrogen) atoms. The van der Waals surface area contributed by atoms with Gasteiger partial charge in [0.1, 0.15) is 0 Å². The Morgan fingerprint density at radius 1 is 1.42 bits per heavy atom. The van der Waals surface area contributed by atoms with Gasteiger partial charge in [0.2, 0.25) is 0 Å². The van der Waals surface area contributed by atoms with Crippen molar-refractivity contribution >= 4 is 0 Å². The second-order valence-corrected chi connectivity index (χ2v) is 3.96. The van der Waals surface area contributed by atoms with Crippen molar-refractivity contribution in [3.8, 4) is 6.07 Å². The van der Waals surface area contributed by atoms with Gasteiger partial charge in [0, 0.05) is 24.9 Å². The highest BCUT2D eigenvalue weighted by atomic mass is 16.3. The van der Waals surface area contributed by atoms with Crippen LogP contribution in [0.2, 0.25) is 0 Å². The van der Waals surface area contributed by atoms with Crippen molar-refractivity contribution in [3.63, 3.8) is 0 Å². The van der Waals surface area contributed by atoms with Crippen LogP contribution in [0.5, 0.6) is 0 Å². The minimum Gasteiger partial charge on any atom is -0.375 e. The number of hydrogen-bond donors (Lipinski definition) is 1. The van der Waals surface area contributed by atoms with Crippen LogP contribution >= 0.6 is 0 Å². The van der Waals surface area contributed by atoms with Crippen molar-refractivity contribution in [2.24, 2.45) is 11.8 Å². The van der Waals surface area contributed by atoms with E-state index >= 15 is 0 Å². The molecule has 1 fully saturated rings. The lowest BCUT2D eigenvalue weighted by Crippen LogP contribution is -2.54.